The summed E-state index contributed by atoms with van der Waals surface area (Å²) in [5.74, 6) is 1.11. The van der Waals surface area contributed by atoms with Gasteiger partial charge < -0.3 is 10.0 Å². The molecule has 0 radical (unpaired) electrons. The molecular formula is C29H37N3O. The average Bonchev–Trinajstić information content (AvgIpc) is 2.87. The molecule has 0 saturated carbocycles. The maximum Gasteiger partial charge on any atom is 0.120 e. The number of rotatable bonds is 11. The highest BCUT2D eigenvalue weighted by molar-refractivity contribution is 5.31. The zero-order valence-corrected chi connectivity index (χ0v) is 19.6. The molecule has 1 aliphatic heterocycles. The van der Waals surface area contributed by atoms with Crippen molar-refractivity contribution in [3.8, 4) is 5.75 Å². The first-order valence-electron chi connectivity index (χ1n) is 12.4. The molecule has 1 aromatic heterocycles. The van der Waals surface area contributed by atoms with E-state index in [1.165, 1.54) is 57.3 Å². The van der Waals surface area contributed by atoms with E-state index in [1.807, 2.05) is 36.5 Å². The molecule has 0 bridgehead atoms. The van der Waals surface area contributed by atoms with Crippen LogP contribution in [0.3, 0.4) is 0 Å². The van der Waals surface area contributed by atoms with Gasteiger partial charge in [0.15, 0.2) is 0 Å². The summed E-state index contributed by atoms with van der Waals surface area (Å²) in [5, 5.41) is 10.2. The molecule has 4 rings (SSSR count). The number of phenolic OH excluding ortho intramolecular Hbond substituents is 1. The number of hydrogen-bond donors (Lipinski definition) is 1. The number of phenols is 1. The van der Waals surface area contributed by atoms with E-state index in [-0.39, 0.29) is 0 Å². The molecule has 1 fully saturated rings. The zero-order chi connectivity index (χ0) is 22.7. The third-order valence-corrected chi connectivity index (χ3v) is 6.80. The average molecular weight is 444 g/mol. The van der Waals surface area contributed by atoms with Gasteiger partial charge in [0.1, 0.15) is 5.75 Å². The van der Waals surface area contributed by atoms with Crippen LogP contribution in [0.1, 0.15) is 54.8 Å². The van der Waals surface area contributed by atoms with Crippen LogP contribution < -0.4 is 0 Å². The minimum absolute atomic E-state index is 0.377. The van der Waals surface area contributed by atoms with Crippen molar-refractivity contribution in [2.24, 2.45) is 0 Å². The van der Waals surface area contributed by atoms with Gasteiger partial charge in [-0.2, -0.15) is 0 Å². The van der Waals surface area contributed by atoms with E-state index in [4.69, 9.17) is 0 Å². The Labute approximate surface area is 198 Å². The maximum atomic E-state index is 10.2. The number of nitrogens with zero attached hydrogens (tertiary/aromatic N) is 3. The number of aromatic hydroxyl groups is 1. The topological polar surface area (TPSA) is 39.6 Å². The van der Waals surface area contributed by atoms with Crippen molar-refractivity contribution in [2.45, 2.75) is 51.1 Å². The fourth-order valence-electron chi connectivity index (χ4n) is 4.88. The molecule has 0 unspecified atom stereocenters. The van der Waals surface area contributed by atoms with Crippen molar-refractivity contribution >= 4 is 0 Å². The second kappa shape index (κ2) is 12.5. The molecule has 0 amide bonds. The lowest BCUT2D eigenvalue weighted by atomic mass is 9.89. The number of likely N-dealkylation sites (tertiary alicyclic amines) is 1. The first kappa shape index (κ1) is 23.5. The second-order valence-corrected chi connectivity index (χ2v) is 9.25. The molecule has 4 heteroatoms. The molecule has 174 valence electrons. The summed E-state index contributed by atoms with van der Waals surface area (Å²) in [6.07, 6.45) is 8.07. The summed E-state index contributed by atoms with van der Waals surface area (Å²) in [4.78, 5) is 9.56. The maximum absolute atomic E-state index is 10.2. The van der Waals surface area contributed by atoms with Gasteiger partial charge in [-0.05, 0) is 81.5 Å². The minimum Gasteiger partial charge on any atom is -0.508 e. The summed E-state index contributed by atoms with van der Waals surface area (Å²) >= 11 is 0. The van der Waals surface area contributed by atoms with E-state index < -0.39 is 0 Å². The van der Waals surface area contributed by atoms with E-state index >= 15 is 0 Å². The third kappa shape index (κ3) is 7.41. The first-order chi connectivity index (χ1) is 16.3. The highest BCUT2D eigenvalue weighted by atomic mass is 16.3. The first-order valence-corrected chi connectivity index (χ1v) is 12.4. The molecule has 2 heterocycles. The smallest absolute Gasteiger partial charge is 0.120 e. The van der Waals surface area contributed by atoms with Gasteiger partial charge in [0.05, 0.1) is 5.69 Å². The van der Waals surface area contributed by atoms with Crippen molar-refractivity contribution in [1.29, 1.82) is 0 Å². The van der Waals surface area contributed by atoms with Crippen LogP contribution in [-0.2, 0) is 13.1 Å². The Morgan fingerprint density at radius 1 is 0.818 bits per heavy atom. The molecule has 4 nitrogen and oxygen atoms in total. The molecule has 1 N–H and O–H groups in total. The van der Waals surface area contributed by atoms with Crippen molar-refractivity contribution in [1.82, 2.24) is 14.8 Å². The van der Waals surface area contributed by atoms with Crippen molar-refractivity contribution < 1.29 is 5.11 Å². The molecule has 1 aliphatic rings. The molecule has 2 aromatic carbocycles. The molecule has 0 spiro atoms. The number of piperidine rings is 1. The normalized spacial score (nSPS) is 15.2. The van der Waals surface area contributed by atoms with Gasteiger partial charge in [0, 0.05) is 24.8 Å². The third-order valence-electron chi connectivity index (χ3n) is 6.80. The number of benzene rings is 2. The zero-order valence-electron chi connectivity index (χ0n) is 19.6. The van der Waals surface area contributed by atoms with Gasteiger partial charge in [0.2, 0.25) is 0 Å². The molecule has 0 aliphatic carbocycles. The van der Waals surface area contributed by atoms with Gasteiger partial charge in [-0.15, -0.1) is 0 Å². The Morgan fingerprint density at radius 3 is 2.33 bits per heavy atom. The van der Waals surface area contributed by atoms with Crippen LogP contribution in [0.4, 0.5) is 0 Å². The van der Waals surface area contributed by atoms with Gasteiger partial charge in [0.25, 0.3) is 0 Å². The summed E-state index contributed by atoms with van der Waals surface area (Å²) in [6, 6.07) is 24.7. The van der Waals surface area contributed by atoms with Crippen LogP contribution in [0.5, 0.6) is 5.75 Å². The molecule has 3 aromatic rings. The fourth-order valence-corrected chi connectivity index (χ4v) is 4.88. The Hall–Kier alpha value is -2.69. The van der Waals surface area contributed by atoms with Crippen LogP contribution in [-0.4, -0.2) is 46.1 Å². The minimum atomic E-state index is 0.377. The lowest BCUT2D eigenvalue weighted by molar-refractivity contribution is 0.203. The monoisotopic (exact) mass is 443 g/mol. The van der Waals surface area contributed by atoms with Gasteiger partial charge >= 0.3 is 0 Å². The molecule has 0 atom stereocenters. The Morgan fingerprint density at radius 2 is 1.58 bits per heavy atom. The van der Waals surface area contributed by atoms with Crippen LogP contribution in [0.2, 0.25) is 0 Å². The SMILES string of the molecule is Oc1ccccc1CN(CCCCCN1CCC(c2ccccc2)CC1)Cc1ccccn1. The largest absolute Gasteiger partial charge is 0.508 e. The Kier molecular flexibility index (Phi) is 8.91. The van der Waals surface area contributed by atoms with Gasteiger partial charge in [-0.1, -0.05) is 61.0 Å². The summed E-state index contributed by atoms with van der Waals surface area (Å²) in [5.41, 5.74) is 3.57. The van der Waals surface area contributed by atoms with E-state index in [0.29, 0.717) is 5.75 Å². The van der Waals surface area contributed by atoms with Gasteiger partial charge in [-0.25, -0.2) is 0 Å². The van der Waals surface area contributed by atoms with Crippen LogP contribution in [0.15, 0.2) is 79.0 Å². The van der Waals surface area contributed by atoms with Crippen molar-refractivity contribution in [2.75, 3.05) is 26.2 Å². The molecule has 1 saturated heterocycles. The highest BCUT2D eigenvalue weighted by Crippen LogP contribution is 2.27. The fraction of sp³-hybridized carbons (Fsp3) is 0.414. The molecular weight excluding hydrogens is 406 g/mol. The van der Waals surface area contributed by atoms with Crippen LogP contribution >= 0.6 is 0 Å². The number of hydrogen-bond acceptors (Lipinski definition) is 4. The van der Waals surface area contributed by atoms with E-state index in [0.717, 1.165) is 36.8 Å². The van der Waals surface area contributed by atoms with Crippen LogP contribution in [0, 0.1) is 0 Å². The summed E-state index contributed by atoms with van der Waals surface area (Å²) in [7, 11) is 0. The lowest BCUT2D eigenvalue weighted by Crippen LogP contribution is -2.33. The lowest BCUT2D eigenvalue weighted by Gasteiger charge is -2.32. The number of para-hydroxylation sites is 1. The second-order valence-electron chi connectivity index (χ2n) is 9.25. The van der Waals surface area contributed by atoms with Crippen LogP contribution in [0.25, 0.3) is 0 Å². The predicted octanol–water partition coefficient (Wildman–Crippen LogP) is 5.84. The highest BCUT2D eigenvalue weighted by Gasteiger charge is 2.20. The summed E-state index contributed by atoms with van der Waals surface area (Å²) < 4.78 is 0. The van der Waals surface area contributed by atoms with Gasteiger partial charge in [-0.3, -0.25) is 9.88 Å². The predicted molar refractivity (Wildman–Crippen MR) is 135 cm³/mol. The number of pyridine rings is 1. The van der Waals surface area contributed by atoms with Crippen molar-refractivity contribution in [3.05, 3.63) is 95.8 Å². The Balaban J connectivity index is 1.19. The standard InChI is InChI=1S/C29H37N3O/c33-29-15-6-5-13-27(29)23-32(24-28-14-7-8-18-30-28)20-10-2-9-19-31-21-16-26(17-22-31)25-11-3-1-4-12-25/h1,3-8,11-15,18,26,33H,2,9-10,16-17,19-24H2. The van der Waals surface area contributed by atoms with Crippen molar-refractivity contribution in [3.63, 3.8) is 0 Å². The quantitative estimate of drug-likeness (QED) is 0.378. The summed E-state index contributed by atoms with van der Waals surface area (Å²) in [6.45, 7) is 6.22. The van der Waals surface area contributed by atoms with E-state index in [9.17, 15) is 5.11 Å². The number of unbranched alkanes of at least 4 members (excludes halogenated alkanes) is 2. The van der Waals surface area contributed by atoms with E-state index in [1.54, 1.807) is 6.07 Å². The van der Waals surface area contributed by atoms with E-state index in [2.05, 4.69) is 51.2 Å². The Bertz CT molecular complexity index is 939. The molecule has 33 heavy (non-hydrogen) atoms. The number of aromatic nitrogens is 1.